The zero-order valence-electron chi connectivity index (χ0n) is 37.9. The van der Waals surface area contributed by atoms with Crippen LogP contribution in [0.4, 0.5) is 4.39 Å². The van der Waals surface area contributed by atoms with Crippen molar-refractivity contribution in [1.29, 1.82) is 0 Å². The Morgan fingerprint density at radius 2 is 1.20 bits per heavy atom. The summed E-state index contributed by atoms with van der Waals surface area (Å²) in [4.78, 5) is 55.2. The van der Waals surface area contributed by atoms with Crippen molar-refractivity contribution >= 4 is 11.8 Å². The molecule has 11 heteroatoms. The fraction of sp³-hybridized carbons (Fsp3) is 0.407. The van der Waals surface area contributed by atoms with Crippen LogP contribution in [0.25, 0.3) is 33.6 Å². The SMILES string of the molecule is CCN(CC)[C@@H](C(=O)N1[C@@H]2C[C@@H]2C[C@H]1c1ncc(-c2ccc(-c3ccc4c(c3)CCc3[nH]c([C@@H]5C[C@H]6C[C@H]6N5C(=O)[C@@H](c5ccccc5)N(CC)CC)nc3-4)cc2F)[nH]1)c1ccccc1. The zero-order valence-corrected chi connectivity index (χ0v) is 37.9. The number of nitrogens with one attached hydrogen (secondary N) is 2. The lowest BCUT2D eigenvalue weighted by atomic mass is 9.89. The Labute approximate surface area is 381 Å². The summed E-state index contributed by atoms with van der Waals surface area (Å²) < 4.78 is 16.2. The molecule has 2 amide bonds. The third-order valence-corrected chi connectivity index (χ3v) is 15.4. The lowest BCUT2D eigenvalue weighted by Gasteiger charge is -2.35. The molecule has 2 aliphatic heterocycles. The molecule has 8 atom stereocenters. The van der Waals surface area contributed by atoms with Crippen molar-refractivity contribution < 1.29 is 14.0 Å². The van der Waals surface area contributed by atoms with E-state index >= 15 is 4.39 Å². The van der Waals surface area contributed by atoms with Crippen LogP contribution in [0.2, 0.25) is 0 Å². The van der Waals surface area contributed by atoms with Crippen LogP contribution in [0.5, 0.6) is 0 Å². The molecule has 65 heavy (non-hydrogen) atoms. The lowest BCUT2D eigenvalue weighted by Crippen LogP contribution is -2.44. The number of hydrogen-bond acceptors (Lipinski definition) is 6. The largest absolute Gasteiger partial charge is 0.344 e. The molecule has 10 nitrogen and oxygen atoms in total. The first kappa shape index (κ1) is 41.8. The van der Waals surface area contributed by atoms with E-state index in [2.05, 4.69) is 99.7 Å². The van der Waals surface area contributed by atoms with Crippen molar-refractivity contribution in [2.45, 2.75) is 102 Å². The second-order valence-electron chi connectivity index (χ2n) is 18.9. The number of likely N-dealkylation sites (N-methyl/N-ethyl adjacent to an activating group) is 2. The molecule has 334 valence electrons. The minimum Gasteiger partial charge on any atom is -0.344 e. The molecule has 3 aliphatic carbocycles. The van der Waals surface area contributed by atoms with Crippen molar-refractivity contribution in [1.82, 2.24) is 39.5 Å². The Hall–Kier alpha value is -5.91. The summed E-state index contributed by atoms with van der Waals surface area (Å²) in [5.41, 5.74) is 9.23. The number of amides is 2. The number of piperidine rings is 2. The van der Waals surface area contributed by atoms with Gasteiger partial charge in [-0.2, -0.15) is 0 Å². The molecule has 6 aromatic rings. The van der Waals surface area contributed by atoms with E-state index in [1.165, 1.54) is 5.56 Å². The Morgan fingerprint density at radius 3 is 1.75 bits per heavy atom. The summed E-state index contributed by atoms with van der Waals surface area (Å²) in [7, 11) is 0. The number of aromatic amines is 2. The van der Waals surface area contributed by atoms with E-state index in [9.17, 15) is 9.59 Å². The van der Waals surface area contributed by atoms with Gasteiger partial charge in [0.05, 0.1) is 29.7 Å². The van der Waals surface area contributed by atoms with Gasteiger partial charge in [0.2, 0.25) is 11.8 Å². The first-order valence-electron chi connectivity index (χ1n) is 24.1. The molecule has 2 saturated heterocycles. The standard InChI is InChI=1S/C54H59FN8O2/c1-5-60(6-2)49(32-15-11-9-12-16-32)53(64)62-44-27-37(44)29-46(62)51-56-31-43(58-51)40-23-20-35(26-41(40)55)34-19-22-39-36(25-34)21-24-42-48(39)59-52(57-42)47-30-38-28-45(38)63(47)54(65)50(61(7-3)8-4)33-17-13-10-14-18-33/h9-20,22-23,25-26,31,37-38,44-47,49-50H,5-8,21,24,27-30H2,1-4H3,(H,56,58)(H,57,59)/t37-,38-,44-,45-,46+,47+,49-,50-/m1/s1. The van der Waals surface area contributed by atoms with Gasteiger partial charge < -0.3 is 19.8 Å². The highest BCUT2D eigenvalue weighted by atomic mass is 19.1. The second-order valence-corrected chi connectivity index (χ2v) is 18.9. The Morgan fingerprint density at radius 1 is 0.662 bits per heavy atom. The molecule has 0 bridgehead atoms. The fourth-order valence-electron chi connectivity index (χ4n) is 11.8. The number of H-pyrrole nitrogens is 2. The molecule has 0 unspecified atom stereocenters. The number of likely N-dealkylation sites (tertiary alicyclic amines) is 2. The Kier molecular flexibility index (Phi) is 10.8. The third kappa shape index (κ3) is 7.31. The maximum Gasteiger partial charge on any atom is 0.245 e. The van der Waals surface area contributed by atoms with Gasteiger partial charge in [0.1, 0.15) is 29.5 Å². The molecule has 0 spiro atoms. The monoisotopic (exact) mass is 870 g/mol. The van der Waals surface area contributed by atoms with E-state index in [4.69, 9.17) is 9.97 Å². The van der Waals surface area contributed by atoms with Crippen LogP contribution in [0, 0.1) is 17.7 Å². The average Bonchev–Trinajstić information content (AvgIpc) is 3.95. The molecule has 4 heterocycles. The van der Waals surface area contributed by atoms with Crippen LogP contribution >= 0.6 is 0 Å². The Balaban J connectivity index is 0.819. The predicted molar refractivity (Wildman–Crippen MR) is 251 cm³/mol. The number of rotatable bonds is 14. The van der Waals surface area contributed by atoms with Gasteiger partial charge in [-0.05, 0) is 116 Å². The second kappa shape index (κ2) is 16.8. The molecule has 4 fully saturated rings. The summed E-state index contributed by atoms with van der Waals surface area (Å²) >= 11 is 0. The Bertz CT molecular complexity index is 2720. The molecule has 2 saturated carbocycles. The van der Waals surface area contributed by atoms with Gasteiger partial charge in [-0.3, -0.25) is 19.4 Å². The number of fused-ring (bicyclic) bond motifs is 5. The van der Waals surface area contributed by atoms with Gasteiger partial charge in [-0.25, -0.2) is 14.4 Å². The minimum absolute atomic E-state index is 0.0801. The number of benzene rings is 4. The van der Waals surface area contributed by atoms with Crippen LogP contribution in [-0.2, 0) is 22.4 Å². The van der Waals surface area contributed by atoms with Gasteiger partial charge in [0.25, 0.3) is 0 Å². The number of halogens is 1. The lowest BCUT2D eigenvalue weighted by molar-refractivity contribution is -0.140. The molecule has 2 aromatic heterocycles. The highest BCUT2D eigenvalue weighted by molar-refractivity contribution is 5.86. The smallest absolute Gasteiger partial charge is 0.245 e. The predicted octanol–water partition coefficient (Wildman–Crippen LogP) is 9.86. The van der Waals surface area contributed by atoms with Crippen LogP contribution in [-0.4, -0.2) is 89.6 Å². The number of aromatic nitrogens is 4. The zero-order chi connectivity index (χ0) is 44.5. The number of aryl methyl sites for hydroxylation is 2. The van der Waals surface area contributed by atoms with Gasteiger partial charge in [0.15, 0.2) is 0 Å². The van der Waals surface area contributed by atoms with E-state index in [-0.39, 0.29) is 53.9 Å². The molecule has 11 rings (SSSR count). The van der Waals surface area contributed by atoms with Crippen LogP contribution < -0.4 is 0 Å². The third-order valence-electron chi connectivity index (χ3n) is 15.4. The highest BCUT2D eigenvalue weighted by Gasteiger charge is 2.57. The number of carbonyl (C=O) groups excluding carboxylic acids is 2. The number of carbonyl (C=O) groups is 2. The first-order valence-corrected chi connectivity index (χ1v) is 24.1. The fourth-order valence-corrected chi connectivity index (χ4v) is 11.8. The summed E-state index contributed by atoms with van der Waals surface area (Å²) in [5, 5.41) is 0. The molecule has 0 radical (unpaired) electrons. The van der Waals surface area contributed by atoms with Crippen LogP contribution in [0.3, 0.4) is 0 Å². The summed E-state index contributed by atoms with van der Waals surface area (Å²) in [6.45, 7) is 11.6. The summed E-state index contributed by atoms with van der Waals surface area (Å²) in [5.74, 6) is 2.55. The van der Waals surface area contributed by atoms with Gasteiger partial charge in [0, 0.05) is 28.9 Å². The van der Waals surface area contributed by atoms with E-state index in [1.807, 2.05) is 48.5 Å². The van der Waals surface area contributed by atoms with Crippen molar-refractivity contribution in [2.75, 3.05) is 26.2 Å². The first-order chi connectivity index (χ1) is 31.8. The summed E-state index contributed by atoms with van der Waals surface area (Å²) in [6.07, 6.45) is 7.25. The van der Waals surface area contributed by atoms with E-state index < -0.39 is 0 Å². The molecular formula is C54H59FN8O2. The van der Waals surface area contributed by atoms with Crippen LogP contribution in [0.1, 0.15) is 112 Å². The average molecular weight is 871 g/mol. The van der Waals surface area contributed by atoms with Gasteiger partial charge >= 0.3 is 0 Å². The van der Waals surface area contributed by atoms with E-state index in [0.717, 1.165) is 110 Å². The molecule has 4 aromatic carbocycles. The van der Waals surface area contributed by atoms with Crippen molar-refractivity contribution in [3.63, 3.8) is 0 Å². The van der Waals surface area contributed by atoms with E-state index in [0.29, 0.717) is 28.9 Å². The maximum absolute atomic E-state index is 16.2. The topological polar surface area (TPSA) is 104 Å². The number of imidazole rings is 2. The number of hydrogen-bond donors (Lipinski definition) is 2. The normalized spacial score (nSPS) is 23.6. The molecular weight excluding hydrogens is 812 g/mol. The van der Waals surface area contributed by atoms with E-state index in [1.54, 1.807) is 12.3 Å². The number of nitrogens with zero attached hydrogens (tertiary/aromatic N) is 6. The van der Waals surface area contributed by atoms with Crippen molar-refractivity contribution in [2.24, 2.45) is 11.8 Å². The highest BCUT2D eigenvalue weighted by Crippen LogP contribution is 2.56. The van der Waals surface area contributed by atoms with Gasteiger partial charge in [-0.1, -0.05) is 113 Å². The van der Waals surface area contributed by atoms with Crippen molar-refractivity contribution in [3.05, 3.63) is 143 Å². The molecule has 2 N–H and O–H groups in total. The van der Waals surface area contributed by atoms with Gasteiger partial charge in [-0.15, -0.1) is 0 Å². The maximum atomic E-state index is 16.2. The quantitative estimate of drug-likeness (QED) is 0.113. The van der Waals surface area contributed by atoms with Crippen LogP contribution in [0.15, 0.2) is 103 Å². The van der Waals surface area contributed by atoms with Crippen molar-refractivity contribution in [3.8, 4) is 33.6 Å². The minimum atomic E-state index is -0.364. The summed E-state index contributed by atoms with van der Waals surface area (Å²) in [6, 6.07) is 31.7. The molecule has 5 aliphatic rings.